The van der Waals surface area contributed by atoms with Crippen molar-refractivity contribution in [1.82, 2.24) is 4.90 Å². The molecule has 1 aromatic heterocycles. The maximum absolute atomic E-state index is 12.8. The van der Waals surface area contributed by atoms with Gasteiger partial charge in [-0.2, -0.15) is 0 Å². The van der Waals surface area contributed by atoms with Gasteiger partial charge in [-0.15, -0.1) is 11.3 Å². The molecular weight excluding hydrogens is 282 g/mol. The van der Waals surface area contributed by atoms with Crippen molar-refractivity contribution in [3.8, 4) is 0 Å². The molecular formula is C17H25NO2S. The van der Waals surface area contributed by atoms with Crippen molar-refractivity contribution in [3.63, 3.8) is 0 Å². The van der Waals surface area contributed by atoms with Crippen LogP contribution in [0.3, 0.4) is 0 Å². The molecule has 1 fully saturated rings. The number of carbonyl (C=O) groups is 1. The van der Waals surface area contributed by atoms with Crippen LogP contribution in [0.4, 0.5) is 0 Å². The van der Waals surface area contributed by atoms with Gasteiger partial charge in [0.05, 0.1) is 17.1 Å². The topological polar surface area (TPSA) is 29.5 Å². The molecule has 1 amide bonds. The summed E-state index contributed by atoms with van der Waals surface area (Å²) in [5, 5.41) is 0. The van der Waals surface area contributed by atoms with Crippen LogP contribution in [0.5, 0.6) is 0 Å². The van der Waals surface area contributed by atoms with E-state index in [9.17, 15) is 4.79 Å². The molecule has 0 bridgehead atoms. The summed E-state index contributed by atoms with van der Waals surface area (Å²) < 4.78 is 5.73. The molecule has 3 nitrogen and oxygen atoms in total. The first-order chi connectivity index (χ1) is 10.1. The number of hydrogen-bond acceptors (Lipinski definition) is 3. The smallest absolute Gasteiger partial charge is 0.264 e. The third-order valence-corrected chi connectivity index (χ3v) is 5.64. The lowest BCUT2D eigenvalue weighted by atomic mass is 10.00. The van der Waals surface area contributed by atoms with Gasteiger partial charge in [0.1, 0.15) is 0 Å². The van der Waals surface area contributed by atoms with Gasteiger partial charge in [-0.05, 0) is 51.2 Å². The molecule has 2 aliphatic rings. The van der Waals surface area contributed by atoms with Gasteiger partial charge in [0.25, 0.3) is 5.91 Å². The number of rotatable bonds is 1. The predicted octanol–water partition coefficient (Wildman–Crippen LogP) is 3.66. The van der Waals surface area contributed by atoms with E-state index in [1.165, 1.54) is 36.1 Å². The highest BCUT2D eigenvalue weighted by Crippen LogP contribution is 2.29. The molecule has 21 heavy (non-hydrogen) atoms. The van der Waals surface area contributed by atoms with Gasteiger partial charge in [-0.1, -0.05) is 12.8 Å². The molecule has 1 aliphatic heterocycles. The first-order valence-electron chi connectivity index (χ1n) is 8.20. The lowest BCUT2D eigenvalue weighted by Crippen LogP contribution is -2.48. The lowest BCUT2D eigenvalue weighted by Gasteiger charge is -2.35. The van der Waals surface area contributed by atoms with E-state index in [0.29, 0.717) is 13.1 Å². The summed E-state index contributed by atoms with van der Waals surface area (Å²) >= 11 is 1.73. The zero-order valence-corrected chi connectivity index (χ0v) is 13.9. The van der Waals surface area contributed by atoms with Crippen molar-refractivity contribution in [2.24, 2.45) is 0 Å². The summed E-state index contributed by atoms with van der Waals surface area (Å²) in [6.45, 7) is 5.52. The molecule has 1 aliphatic carbocycles. The normalized spacial score (nSPS) is 26.9. The van der Waals surface area contributed by atoms with Crippen molar-refractivity contribution in [1.29, 1.82) is 0 Å². The zero-order valence-electron chi connectivity index (χ0n) is 13.1. The summed E-state index contributed by atoms with van der Waals surface area (Å²) in [5.74, 6) is 0.203. The second kappa shape index (κ2) is 6.49. The molecule has 0 N–H and O–H groups in total. The van der Waals surface area contributed by atoms with Crippen molar-refractivity contribution < 1.29 is 9.53 Å². The number of aryl methyl sites for hydroxylation is 2. The van der Waals surface area contributed by atoms with E-state index in [0.717, 1.165) is 17.7 Å². The second-order valence-electron chi connectivity index (χ2n) is 6.44. The Morgan fingerprint density at radius 1 is 1.14 bits per heavy atom. The molecule has 0 spiro atoms. The Hall–Kier alpha value is -0.870. The largest absolute Gasteiger partial charge is 0.372 e. The fraction of sp³-hybridized carbons (Fsp3) is 0.706. The van der Waals surface area contributed by atoms with Crippen LogP contribution in [0.1, 0.15) is 59.6 Å². The number of thiophene rings is 1. The molecule has 116 valence electrons. The van der Waals surface area contributed by atoms with E-state index in [4.69, 9.17) is 4.74 Å². The molecule has 2 atom stereocenters. The number of nitrogens with zero attached hydrogens (tertiary/aromatic N) is 1. The van der Waals surface area contributed by atoms with Crippen LogP contribution >= 0.6 is 11.3 Å². The Labute approximate surface area is 131 Å². The van der Waals surface area contributed by atoms with Gasteiger partial charge in [0, 0.05) is 18.0 Å². The summed E-state index contributed by atoms with van der Waals surface area (Å²) in [6, 6.07) is 2.17. The van der Waals surface area contributed by atoms with E-state index >= 15 is 0 Å². The Morgan fingerprint density at radius 2 is 1.81 bits per heavy atom. The average molecular weight is 307 g/mol. The molecule has 0 aromatic carbocycles. The number of hydrogen-bond donors (Lipinski definition) is 0. The Balaban J connectivity index is 1.76. The van der Waals surface area contributed by atoms with Crippen LogP contribution in [0.25, 0.3) is 0 Å². The summed E-state index contributed by atoms with van der Waals surface area (Å²) in [4.78, 5) is 17.1. The third kappa shape index (κ3) is 3.49. The average Bonchev–Trinajstić information content (AvgIpc) is 2.79. The van der Waals surface area contributed by atoms with Crippen LogP contribution in [-0.2, 0) is 17.6 Å². The first-order valence-corrected chi connectivity index (χ1v) is 9.01. The van der Waals surface area contributed by atoms with Crippen molar-refractivity contribution in [2.45, 2.75) is 64.6 Å². The number of carbonyl (C=O) groups excluding carboxylic acids is 1. The minimum absolute atomic E-state index is 0.138. The van der Waals surface area contributed by atoms with Crippen LogP contribution in [-0.4, -0.2) is 36.1 Å². The molecule has 1 aromatic rings. The van der Waals surface area contributed by atoms with E-state index < -0.39 is 0 Å². The highest BCUT2D eigenvalue weighted by atomic mass is 32.1. The molecule has 3 rings (SSSR count). The van der Waals surface area contributed by atoms with Crippen LogP contribution < -0.4 is 0 Å². The highest BCUT2D eigenvalue weighted by molar-refractivity contribution is 7.14. The number of fused-ring (bicyclic) bond motifs is 1. The van der Waals surface area contributed by atoms with Gasteiger partial charge < -0.3 is 9.64 Å². The monoisotopic (exact) mass is 307 g/mol. The molecule has 2 heterocycles. The quantitative estimate of drug-likeness (QED) is 0.792. The number of morpholine rings is 1. The SMILES string of the molecule is C[C@@H]1CN(C(=O)c2cc3c(s2)CCCCCC3)C[C@H](C)O1. The number of amides is 1. The molecule has 0 unspecified atom stereocenters. The second-order valence-corrected chi connectivity index (χ2v) is 7.58. The van der Waals surface area contributed by atoms with Gasteiger partial charge >= 0.3 is 0 Å². The van der Waals surface area contributed by atoms with E-state index in [1.54, 1.807) is 11.3 Å². The van der Waals surface area contributed by atoms with E-state index in [-0.39, 0.29) is 18.1 Å². The standard InChI is InChI=1S/C17H25NO2S/c1-12-10-18(11-13(2)20-12)17(19)16-9-14-7-5-3-4-6-8-15(14)21-16/h9,12-13H,3-8,10-11H2,1-2H3/t12-,13+. The van der Waals surface area contributed by atoms with E-state index in [2.05, 4.69) is 6.07 Å². The summed E-state index contributed by atoms with van der Waals surface area (Å²) in [5.41, 5.74) is 1.43. The molecule has 4 heteroatoms. The van der Waals surface area contributed by atoms with Crippen LogP contribution in [0.2, 0.25) is 0 Å². The van der Waals surface area contributed by atoms with Gasteiger partial charge in [0.15, 0.2) is 0 Å². The maximum Gasteiger partial charge on any atom is 0.264 e. The summed E-state index contributed by atoms with van der Waals surface area (Å²) in [7, 11) is 0. The Kier molecular flexibility index (Phi) is 4.65. The van der Waals surface area contributed by atoms with Gasteiger partial charge in [0.2, 0.25) is 0 Å². The predicted molar refractivity (Wildman–Crippen MR) is 86.1 cm³/mol. The fourth-order valence-corrected chi connectivity index (χ4v) is 4.67. The van der Waals surface area contributed by atoms with Crippen molar-refractivity contribution in [2.75, 3.05) is 13.1 Å². The van der Waals surface area contributed by atoms with Gasteiger partial charge in [-0.3, -0.25) is 4.79 Å². The molecule has 0 saturated carbocycles. The Morgan fingerprint density at radius 3 is 2.52 bits per heavy atom. The van der Waals surface area contributed by atoms with Crippen LogP contribution in [0.15, 0.2) is 6.07 Å². The first kappa shape index (κ1) is 15.0. The maximum atomic E-state index is 12.8. The minimum Gasteiger partial charge on any atom is -0.372 e. The van der Waals surface area contributed by atoms with Crippen molar-refractivity contribution >= 4 is 17.2 Å². The highest BCUT2D eigenvalue weighted by Gasteiger charge is 2.28. The molecule has 0 radical (unpaired) electrons. The number of ether oxygens (including phenoxy) is 1. The van der Waals surface area contributed by atoms with E-state index in [1.807, 2.05) is 18.7 Å². The Bertz CT molecular complexity index is 475. The fourth-order valence-electron chi connectivity index (χ4n) is 3.45. The minimum atomic E-state index is 0.138. The lowest BCUT2D eigenvalue weighted by molar-refractivity contribution is -0.0585. The van der Waals surface area contributed by atoms with Crippen molar-refractivity contribution in [3.05, 3.63) is 21.4 Å². The zero-order chi connectivity index (χ0) is 14.8. The van der Waals surface area contributed by atoms with Gasteiger partial charge in [-0.25, -0.2) is 0 Å². The molecule has 1 saturated heterocycles. The summed E-state index contributed by atoms with van der Waals surface area (Å²) in [6.07, 6.45) is 7.78. The van der Waals surface area contributed by atoms with Crippen LogP contribution in [0, 0.1) is 0 Å². The third-order valence-electron chi connectivity index (χ3n) is 4.41.